The molecule has 0 spiro atoms. The van der Waals surface area contributed by atoms with Gasteiger partial charge in [-0.2, -0.15) is 0 Å². The number of hydrogen-bond donors (Lipinski definition) is 2. The summed E-state index contributed by atoms with van der Waals surface area (Å²) >= 11 is 0. The maximum Gasteiger partial charge on any atom is 0.228 e. The lowest BCUT2D eigenvalue weighted by molar-refractivity contribution is -0.117. The first-order valence-electron chi connectivity index (χ1n) is 9.16. The molecule has 2 aromatic rings. The normalized spacial score (nSPS) is 10.5. The molecule has 0 bridgehead atoms. The zero-order valence-corrected chi connectivity index (χ0v) is 16.7. The number of carbonyl (C=O) groups is 3. The van der Waals surface area contributed by atoms with Crippen LogP contribution >= 0.6 is 0 Å². The molecule has 0 radical (unpaired) electrons. The second-order valence-electron chi connectivity index (χ2n) is 7.03. The number of nitrogens with one attached hydrogen (secondary N) is 2. The first kappa shape index (κ1) is 21.2. The van der Waals surface area contributed by atoms with Gasteiger partial charge in [0.25, 0.3) is 0 Å². The Morgan fingerprint density at radius 3 is 2.00 bits per heavy atom. The number of rotatable bonds is 8. The number of ketones is 1. The fourth-order valence-corrected chi connectivity index (χ4v) is 2.73. The minimum atomic E-state index is -0.226. The maximum atomic E-state index is 12.4. The highest BCUT2D eigenvalue weighted by atomic mass is 16.5. The predicted molar refractivity (Wildman–Crippen MR) is 110 cm³/mol. The van der Waals surface area contributed by atoms with E-state index in [9.17, 15) is 14.4 Å². The van der Waals surface area contributed by atoms with Gasteiger partial charge in [0, 0.05) is 28.9 Å². The largest absolute Gasteiger partial charge is 0.496 e. The molecule has 0 aliphatic carbocycles. The van der Waals surface area contributed by atoms with E-state index in [2.05, 4.69) is 10.6 Å². The van der Waals surface area contributed by atoms with E-state index in [1.165, 1.54) is 14.0 Å². The van der Waals surface area contributed by atoms with Gasteiger partial charge in [0.1, 0.15) is 5.75 Å². The molecule has 0 heterocycles. The molecule has 148 valence electrons. The number of carbonyl (C=O) groups excluding carboxylic acids is 3. The first-order chi connectivity index (χ1) is 13.3. The molecule has 6 heteroatoms. The zero-order valence-electron chi connectivity index (χ0n) is 16.7. The summed E-state index contributed by atoms with van der Waals surface area (Å²) in [4.78, 5) is 35.8. The summed E-state index contributed by atoms with van der Waals surface area (Å²) in [5.41, 5.74) is 2.48. The molecular formula is C22H26N2O4. The molecule has 2 rings (SSSR count). The maximum absolute atomic E-state index is 12.4. The third-order valence-corrected chi connectivity index (χ3v) is 4.08. The minimum Gasteiger partial charge on any atom is -0.496 e. The second-order valence-corrected chi connectivity index (χ2v) is 7.03. The summed E-state index contributed by atoms with van der Waals surface area (Å²) in [7, 11) is 1.52. The van der Waals surface area contributed by atoms with Crippen LogP contribution in [0.3, 0.4) is 0 Å². The molecule has 0 atom stereocenters. The average molecular weight is 382 g/mol. The van der Waals surface area contributed by atoms with Crippen LogP contribution in [0.15, 0.2) is 42.5 Å². The number of hydrogen-bond acceptors (Lipinski definition) is 4. The van der Waals surface area contributed by atoms with Gasteiger partial charge in [-0.05, 0) is 55.3 Å². The number of anilines is 2. The Morgan fingerprint density at radius 2 is 1.50 bits per heavy atom. The zero-order chi connectivity index (χ0) is 20.7. The summed E-state index contributed by atoms with van der Waals surface area (Å²) in [6.07, 6.45) is 0.539. The highest BCUT2D eigenvalue weighted by molar-refractivity contribution is 5.96. The molecule has 2 N–H and O–H groups in total. The Labute approximate surface area is 165 Å². The van der Waals surface area contributed by atoms with Crippen LogP contribution in [0.5, 0.6) is 5.75 Å². The number of methoxy groups -OCH3 is 1. The highest BCUT2D eigenvalue weighted by Crippen LogP contribution is 2.22. The Bertz CT molecular complexity index is 857. The van der Waals surface area contributed by atoms with E-state index in [1.54, 1.807) is 42.5 Å². The van der Waals surface area contributed by atoms with Crippen molar-refractivity contribution < 1.29 is 19.1 Å². The van der Waals surface area contributed by atoms with Gasteiger partial charge in [-0.3, -0.25) is 14.4 Å². The van der Waals surface area contributed by atoms with Crippen LogP contribution in [0.4, 0.5) is 11.4 Å². The number of Topliss-reactive ketones (excluding diaryl/α,β-unsaturated/α-hetero) is 1. The van der Waals surface area contributed by atoms with E-state index < -0.39 is 0 Å². The van der Waals surface area contributed by atoms with E-state index in [1.807, 2.05) is 13.8 Å². The van der Waals surface area contributed by atoms with Crippen molar-refractivity contribution in [1.29, 1.82) is 0 Å². The smallest absolute Gasteiger partial charge is 0.228 e. The molecule has 0 aliphatic heterocycles. The van der Waals surface area contributed by atoms with E-state index in [0.29, 0.717) is 34.7 Å². The first-order valence-corrected chi connectivity index (χ1v) is 9.16. The van der Waals surface area contributed by atoms with Crippen molar-refractivity contribution in [3.05, 3.63) is 53.6 Å². The fourth-order valence-electron chi connectivity index (χ4n) is 2.73. The molecule has 0 aromatic heterocycles. The van der Waals surface area contributed by atoms with Crippen LogP contribution in [-0.4, -0.2) is 24.7 Å². The van der Waals surface area contributed by atoms with Crippen LogP contribution in [0, 0.1) is 5.92 Å². The molecule has 0 saturated carbocycles. The van der Waals surface area contributed by atoms with E-state index in [4.69, 9.17) is 4.74 Å². The second kappa shape index (κ2) is 9.69. The van der Waals surface area contributed by atoms with Crippen LogP contribution in [0.1, 0.15) is 43.1 Å². The SMILES string of the molecule is COc1ccc(C(C)=O)cc1CC(=O)Nc1ccc(NC(=O)CC(C)C)cc1. The molecule has 0 aliphatic rings. The average Bonchev–Trinajstić information content (AvgIpc) is 2.62. The molecule has 0 saturated heterocycles. The Hall–Kier alpha value is -3.15. The lowest BCUT2D eigenvalue weighted by Crippen LogP contribution is -2.16. The van der Waals surface area contributed by atoms with Gasteiger partial charge in [0.05, 0.1) is 13.5 Å². The van der Waals surface area contributed by atoms with Gasteiger partial charge in [0.15, 0.2) is 5.78 Å². The predicted octanol–water partition coefficient (Wildman–Crippen LogP) is 4.06. The third kappa shape index (κ3) is 6.23. The number of amides is 2. The van der Waals surface area contributed by atoms with Crippen molar-refractivity contribution >= 4 is 29.0 Å². The quantitative estimate of drug-likeness (QED) is 0.674. The third-order valence-electron chi connectivity index (χ3n) is 4.08. The monoisotopic (exact) mass is 382 g/mol. The van der Waals surface area contributed by atoms with Gasteiger partial charge in [-0.15, -0.1) is 0 Å². The Kier molecular flexibility index (Phi) is 7.32. The summed E-state index contributed by atoms with van der Waals surface area (Å²) in [6, 6.07) is 12.0. The molecular weight excluding hydrogens is 356 g/mol. The van der Waals surface area contributed by atoms with Crippen molar-refractivity contribution in [2.45, 2.75) is 33.6 Å². The Morgan fingerprint density at radius 1 is 0.929 bits per heavy atom. The topological polar surface area (TPSA) is 84.5 Å². The molecule has 6 nitrogen and oxygen atoms in total. The lowest BCUT2D eigenvalue weighted by Gasteiger charge is -2.11. The van der Waals surface area contributed by atoms with Crippen molar-refractivity contribution in [2.24, 2.45) is 5.92 Å². The van der Waals surface area contributed by atoms with Gasteiger partial charge in [0.2, 0.25) is 11.8 Å². The summed E-state index contributed by atoms with van der Waals surface area (Å²) < 4.78 is 5.28. The molecule has 28 heavy (non-hydrogen) atoms. The fraction of sp³-hybridized carbons (Fsp3) is 0.318. The Balaban J connectivity index is 2.01. The van der Waals surface area contributed by atoms with Crippen molar-refractivity contribution in [3.8, 4) is 5.75 Å². The molecule has 2 amide bonds. The molecule has 0 fully saturated rings. The summed E-state index contributed by atoms with van der Waals surface area (Å²) in [5.74, 6) is 0.514. The van der Waals surface area contributed by atoms with Crippen LogP contribution in [0.25, 0.3) is 0 Å². The number of ether oxygens (including phenoxy) is 1. The van der Waals surface area contributed by atoms with Gasteiger partial charge in [-0.1, -0.05) is 13.8 Å². The van der Waals surface area contributed by atoms with Crippen LogP contribution in [0.2, 0.25) is 0 Å². The standard InChI is InChI=1S/C22H26N2O4/c1-14(2)11-21(26)23-18-6-8-19(9-7-18)24-22(27)13-17-12-16(15(3)25)5-10-20(17)28-4/h5-10,12,14H,11,13H2,1-4H3,(H,23,26)(H,24,27). The molecule has 2 aromatic carbocycles. The molecule has 0 unspecified atom stereocenters. The minimum absolute atomic E-state index is 0.0377. The van der Waals surface area contributed by atoms with Gasteiger partial charge < -0.3 is 15.4 Å². The van der Waals surface area contributed by atoms with Crippen molar-refractivity contribution in [1.82, 2.24) is 0 Å². The highest BCUT2D eigenvalue weighted by Gasteiger charge is 2.12. The summed E-state index contributed by atoms with van der Waals surface area (Å²) in [6.45, 7) is 5.45. The van der Waals surface area contributed by atoms with Gasteiger partial charge >= 0.3 is 0 Å². The van der Waals surface area contributed by atoms with E-state index >= 15 is 0 Å². The van der Waals surface area contributed by atoms with Crippen LogP contribution < -0.4 is 15.4 Å². The summed E-state index contributed by atoms with van der Waals surface area (Å²) in [5, 5.41) is 5.64. The van der Waals surface area contributed by atoms with Crippen molar-refractivity contribution in [3.63, 3.8) is 0 Å². The van der Waals surface area contributed by atoms with Gasteiger partial charge in [-0.25, -0.2) is 0 Å². The lowest BCUT2D eigenvalue weighted by atomic mass is 10.0. The number of benzene rings is 2. The van der Waals surface area contributed by atoms with Crippen molar-refractivity contribution in [2.75, 3.05) is 17.7 Å². The van der Waals surface area contributed by atoms with Crippen LogP contribution in [-0.2, 0) is 16.0 Å². The van der Waals surface area contributed by atoms with E-state index in [0.717, 1.165) is 0 Å². The van der Waals surface area contributed by atoms with E-state index in [-0.39, 0.29) is 29.9 Å².